The second-order valence-corrected chi connectivity index (χ2v) is 9.04. The highest BCUT2D eigenvalue weighted by atomic mass is 19.1. The smallest absolute Gasteiger partial charge is 0.255 e. The summed E-state index contributed by atoms with van der Waals surface area (Å²) < 4.78 is 15.8. The summed E-state index contributed by atoms with van der Waals surface area (Å²) in [5, 5.41) is 31.9. The van der Waals surface area contributed by atoms with Crippen molar-refractivity contribution in [2.75, 3.05) is 18.4 Å². The van der Waals surface area contributed by atoms with Crippen LogP contribution in [-0.4, -0.2) is 62.4 Å². The first kappa shape index (κ1) is 24.1. The van der Waals surface area contributed by atoms with Crippen LogP contribution in [0.1, 0.15) is 42.6 Å². The van der Waals surface area contributed by atoms with E-state index in [-0.39, 0.29) is 24.1 Å². The second-order valence-electron chi connectivity index (χ2n) is 9.04. The maximum Gasteiger partial charge on any atom is 0.255 e. The molecule has 3 aromatic rings. The van der Waals surface area contributed by atoms with E-state index in [0.717, 1.165) is 0 Å². The molecule has 35 heavy (non-hydrogen) atoms. The zero-order valence-electron chi connectivity index (χ0n) is 19.4. The number of fused-ring (bicyclic) bond motifs is 1. The molecule has 4 N–H and O–H groups in total. The maximum absolute atomic E-state index is 14.2. The Labute approximate surface area is 201 Å². The van der Waals surface area contributed by atoms with Crippen LogP contribution in [0.4, 0.5) is 10.1 Å². The van der Waals surface area contributed by atoms with Crippen LogP contribution in [0.3, 0.4) is 0 Å². The molecule has 0 aliphatic carbocycles. The number of carbonyl (C=O) groups is 2. The molecule has 1 aliphatic rings. The number of anilines is 1. The molecule has 182 valence electrons. The molecule has 0 spiro atoms. The molecule has 4 rings (SSSR count). The van der Waals surface area contributed by atoms with Crippen molar-refractivity contribution in [1.82, 2.24) is 25.2 Å². The lowest BCUT2D eigenvalue weighted by molar-refractivity contribution is -0.122. The quantitative estimate of drug-likeness (QED) is 0.404. The van der Waals surface area contributed by atoms with E-state index < -0.39 is 17.7 Å². The van der Waals surface area contributed by atoms with Gasteiger partial charge in [-0.25, -0.2) is 8.91 Å². The van der Waals surface area contributed by atoms with Crippen molar-refractivity contribution >= 4 is 23.0 Å². The molecule has 2 amide bonds. The van der Waals surface area contributed by atoms with E-state index in [1.807, 2.05) is 12.1 Å². The van der Waals surface area contributed by atoms with Crippen molar-refractivity contribution in [2.24, 2.45) is 0 Å². The van der Waals surface area contributed by atoms with Crippen LogP contribution in [0.25, 0.3) is 16.9 Å². The number of alkyl halides is 1. The molecule has 10 nitrogen and oxygen atoms in total. The van der Waals surface area contributed by atoms with Gasteiger partial charge < -0.3 is 21.1 Å². The first-order chi connectivity index (χ1) is 16.7. The van der Waals surface area contributed by atoms with Gasteiger partial charge in [0.25, 0.3) is 5.91 Å². The predicted molar refractivity (Wildman–Crippen MR) is 126 cm³/mol. The summed E-state index contributed by atoms with van der Waals surface area (Å²) in [7, 11) is 0. The van der Waals surface area contributed by atoms with Gasteiger partial charge in [-0.1, -0.05) is 0 Å². The molecule has 2 atom stereocenters. The second kappa shape index (κ2) is 9.68. The Bertz CT molecular complexity index is 1300. The summed E-state index contributed by atoms with van der Waals surface area (Å²) in [5.74, 6) is -0.574. The third-order valence-electron chi connectivity index (χ3n) is 5.87. The number of nitrogens with one attached hydrogen (secondary N) is 3. The van der Waals surface area contributed by atoms with E-state index in [9.17, 15) is 19.1 Å². The largest absolute Gasteiger partial charge is 0.387 e. The molecular formula is C24H26FN7O3. The third-order valence-corrected chi connectivity index (χ3v) is 5.87. The van der Waals surface area contributed by atoms with Crippen molar-refractivity contribution in [2.45, 2.75) is 44.5 Å². The van der Waals surface area contributed by atoms with Gasteiger partial charge in [0, 0.05) is 25.2 Å². The maximum atomic E-state index is 14.2. The van der Waals surface area contributed by atoms with Crippen molar-refractivity contribution in [1.29, 1.82) is 5.26 Å². The van der Waals surface area contributed by atoms with Gasteiger partial charge in [-0.2, -0.15) is 10.4 Å². The fourth-order valence-corrected chi connectivity index (χ4v) is 3.75. The molecule has 1 fully saturated rings. The first-order valence-corrected chi connectivity index (χ1v) is 11.2. The normalized spacial score (nSPS) is 16.9. The average Bonchev–Trinajstić information content (AvgIpc) is 3.26. The predicted octanol–water partition coefficient (Wildman–Crippen LogP) is 1.80. The number of nitrogens with zero attached hydrogens (tertiary/aromatic N) is 4. The molecule has 4 heterocycles. The lowest BCUT2D eigenvalue weighted by atomic mass is 10.0. The van der Waals surface area contributed by atoms with E-state index in [4.69, 9.17) is 5.26 Å². The number of piperidine rings is 1. The van der Waals surface area contributed by atoms with Gasteiger partial charge in [-0.3, -0.25) is 14.6 Å². The summed E-state index contributed by atoms with van der Waals surface area (Å²) in [4.78, 5) is 28.9. The lowest BCUT2D eigenvalue weighted by Crippen LogP contribution is -2.43. The minimum Gasteiger partial charge on any atom is -0.387 e. The number of aliphatic hydroxyl groups is 1. The number of aromatic nitrogens is 3. The highest BCUT2D eigenvalue weighted by Crippen LogP contribution is 2.27. The van der Waals surface area contributed by atoms with Crippen LogP contribution in [-0.2, 0) is 4.79 Å². The topological polar surface area (TPSA) is 144 Å². The van der Waals surface area contributed by atoms with E-state index in [1.54, 1.807) is 16.6 Å². The fraction of sp³-hybridized carbons (Fsp3) is 0.375. The number of pyridine rings is 1. The molecule has 3 aromatic heterocycles. The summed E-state index contributed by atoms with van der Waals surface area (Å²) in [5.41, 5.74) is 1.41. The Hall–Kier alpha value is -4.04. The SMILES string of the molecule is CC(C)(O)C(F)CNC(=O)c1cnc(-c2ccc3cc(C#N)cnn23)cc1NC1CCC(=O)NC1. The van der Waals surface area contributed by atoms with Gasteiger partial charge in [0.05, 0.1) is 52.1 Å². The van der Waals surface area contributed by atoms with Gasteiger partial charge in [-0.05, 0) is 44.5 Å². The Morgan fingerprint density at radius 1 is 1.40 bits per heavy atom. The molecule has 2 unspecified atom stereocenters. The molecular weight excluding hydrogens is 453 g/mol. The molecule has 0 saturated carbocycles. The molecule has 0 radical (unpaired) electrons. The average molecular weight is 480 g/mol. The van der Waals surface area contributed by atoms with Crippen molar-refractivity contribution in [3.8, 4) is 17.5 Å². The molecule has 11 heteroatoms. The van der Waals surface area contributed by atoms with E-state index in [1.165, 1.54) is 26.2 Å². The lowest BCUT2D eigenvalue weighted by Gasteiger charge is -2.26. The van der Waals surface area contributed by atoms with Crippen LogP contribution in [0, 0.1) is 11.3 Å². The summed E-state index contributed by atoms with van der Waals surface area (Å²) in [6.07, 6.45) is 2.15. The first-order valence-electron chi connectivity index (χ1n) is 11.2. The summed E-state index contributed by atoms with van der Waals surface area (Å²) >= 11 is 0. The van der Waals surface area contributed by atoms with Crippen LogP contribution < -0.4 is 16.0 Å². The van der Waals surface area contributed by atoms with Crippen LogP contribution in [0.2, 0.25) is 0 Å². The van der Waals surface area contributed by atoms with Gasteiger partial charge >= 0.3 is 0 Å². The molecule has 1 aliphatic heterocycles. The van der Waals surface area contributed by atoms with Crippen molar-refractivity contribution in [3.05, 3.63) is 47.8 Å². The molecule has 1 saturated heterocycles. The van der Waals surface area contributed by atoms with Gasteiger partial charge in [0.2, 0.25) is 5.91 Å². The monoisotopic (exact) mass is 479 g/mol. The highest BCUT2D eigenvalue weighted by molar-refractivity contribution is 6.00. The van der Waals surface area contributed by atoms with E-state index in [2.05, 4.69) is 32.1 Å². The Balaban J connectivity index is 1.65. The van der Waals surface area contributed by atoms with E-state index in [0.29, 0.717) is 47.5 Å². The van der Waals surface area contributed by atoms with Crippen molar-refractivity contribution < 1.29 is 19.1 Å². The number of hydrogen-bond donors (Lipinski definition) is 4. The van der Waals surface area contributed by atoms with Gasteiger partial charge in [0.1, 0.15) is 12.2 Å². The number of carbonyl (C=O) groups excluding carboxylic acids is 2. The van der Waals surface area contributed by atoms with Crippen LogP contribution >= 0.6 is 0 Å². The number of amides is 2. The molecule has 0 bridgehead atoms. The summed E-state index contributed by atoms with van der Waals surface area (Å²) in [6, 6.07) is 8.98. The van der Waals surface area contributed by atoms with Gasteiger partial charge in [0.15, 0.2) is 0 Å². The molecule has 0 aromatic carbocycles. The van der Waals surface area contributed by atoms with E-state index >= 15 is 0 Å². The number of hydrogen-bond acceptors (Lipinski definition) is 7. The standard InChI is InChI=1S/C24H26FN7O3/c1-24(2,35)21(25)13-29-23(34)17-12-27-19(8-18(17)31-15-3-6-22(33)28-11-15)20-5-4-16-7-14(9-26)10-30-32(16)20/h4-5,7-8,10,12,15,21,35H,3,6,11,13H2,1-2H3,(H,27,31)(H,28,33)(H,29,34). The highest BCUT2D eigenvalue weighted by Gasteiger charge is 2.28. The Kier molecular flexibility index (Phi) is 6.66. The minimum absolute atomic E-state index is 0.0282. The zero-order valence-corrected chi connectivity index (χ0v) is 19.4. The number of halogens is 1. The number of nitriles is 1. The minimum atomic E-state index is -1.65. The van der Waals surface area contributed by atoms with Crippen molar-refractivity contribution in [3.63, 3.8) is 0 Å². The zero-order chi connectivity index (χ0) is 25.2. The van der Waals surface area contributed by atoms with Crippen LogP contribution in [0.5, 0.6) is 0 Å². The number of rotatable bonds is 7. The van der Waals surface area contributed by atoms with Crippen LogP contribution in [0.15, 0.2) is 36.7 Å². The Morgan fingerprint density at radius 2 is 2.20 bits per heavy atom. The van der Waals surface area contributed by atoms with Gasteiger partial charge in [-0.15, -0.1) is 0 Å². The third kappa shape index (κ3) is 5.38. The fourth-order valence-electron chi connectivity index (χ4n) is 3.75. The Morgan fingerprint density at radius 3 is 2.89 bits per heavy atom. The summed E-state index contributed by atoms with van der Waals surface area (Å²) in [6.45, 7) is 2.70.